The molecule has 2 heteroatoms. The van der Waals surface area contributed by atoms with Crippen molar-refractivity contribution >= 4 is 0 Å². The smallest absolute Gasteiger partial charge is 0.0487 e. The molecule has 2 aliphatic carbocycles. The van der Waals surface area contributed by atoms with E-state index in [1.54, 1.807) is 0 Å². The molecule has 2 saturated carbocycles. The van der Waals surface area contributed by atoms with E-state index in [0.29, 0.717) is 12.5 Å². The minimum atomic E-state index is -0.0105. The molecule has 0 aromatic rings. The highest BCUT2D eigenvalue weighted by atomic mass is 16.3. The van der Waals surface area contributed by atoms with Crippen molar-refractivity contribution in [3.8, 4) is 0 Å². The van der Waals surface area contributed by atoms with Crippen LogP contribution in [0.2, 0.25) is 0 Å². The summed E-state index contributed by atoms with van der Waals surface area (Å²) < 4.78 is 0. The van der Waals surface area contributed by atoms with Crippen LogP contribution < -0.4 is 0 Å². The van der Waals surface area contributed by atoms with Crippen molar-refractivity contribution in [2.24, 2.45) is 22.2 Å². The van der Waals surface area contributed by atoms with E-state index in [1.165, 1.54) is 32.1 Å². The number of aliphatic hydroxyl groups is 2. The lowest BCUT2D eigenvalue weighted by atomic mass is 9.52. The summed E-state index contributed by atoms with van der Waals surface area (Å²) in [7, 11) is 0. The fourth-order valence-corrected chi connectivity index (χ4v) is 5.34. The van der Waals surface area contributed by atoms with Crippen LogP contribution in [-0.2, 0) is 0 Å². The Balaban J connectivity index is 2.43. The van der Waals surface area contributed by atoms with Gasteiger partial charge in [-0.25, -0.2) is 0 Å². The Morgan fingerprint density at radius 1 is 1.18 bits per heavy atom. The summed E-state index contributed by atoms with van der Waals surface area (Å²) >= 11 is 0. The lowest BCUT2D eigenvalue weighted by Crippen LogP contribution is -2.48. The molecule has 0 aromatic heterocycles. The standard InChI is InChI=1S/C15H28O2/c1-12-5-8-15(13(2,3)11-17)7-4-6-14(12,15)9-10-16/h12,16-17H,4-11H2,1-3H3/t12-,14+,15+/m1/s1. The van der Waals surface area contributed by atoms with Crippen LogP contribution in [0.3, 0.4) is 0 Å². The van der Waals surface area contributed by atoms with E-state index >= 15 is 0 Å². The van der Waals surface area contributed by atoms with Crippen molar-refractivity contribution in [1.29, 1.82) is 0 Å². The van der Waals surface area contributed by atoms with Gasteiger partial charge in [0.1, 0.15) is 0 Å². The van der Waals surface area contributed by atoms with Crippen LogP contribution in [0.25, 0.3) is 0 Å². The van der Waals surface area contributed by atoms with E-state index in [9.17, 15) is 10.2 Å². The first kappa shape index (κ1) is 13.4. The Hall–Kier alpha value is -0.0800. The van der Waals surface area contributed by atoms with Crippen LogP contribution in [0.1, 0.15) is 59.3 Å². The molecule has 2 fully saturated rings. The highest BCUT2D eigenvalue weighted by Crippen LogP contribution is 2.72. The summed E-state index contributed by atoms with van der Waals surface area (Å²) in [4.78, 5) is 0. The quantitative estimate of drug-likeness (QED) is 0.793. The molecule has 0 heterocycles. The highest BCUT2D eigenvalue weighted by Gasteiger charge is 2.65. The van der Waals surface area contributed by atoms with E-state index in [2.05, 4.69) is 20.8 Å². The van der Waals surface area contributed by atoms with Crippen molar-refractivity contribution in [2.75, 3.05) is 13.2 Å². The van der Waals surface area contributed by atoms with Crippen LogP contribution in [0.15, 0.2) is 0 Å². The summed E-state index contributed by atoms with van der Waals surface area (Å²) in [5.41, 5.74) is 0.536. The molecule has 2 aliphatic rings. The number of fused-ring (bicyclic) bond motifs is 1. The van der Waals surface area contributed by atoms with Crippen molar-refractivity contribution in [3.05, 3.63) is 0 Å². The number of hydrogen-bond acceptors (Lipinski definition) is 2. The third kappa shape index (κ3) is 1.53. The van der Waals surface area contributed by atoms with Gasteiger partial charge in [0.2, 0.25) is 0 Å². The molecule has 0 radical (unpaired) electrons. The van der Waals surface area contributed by atoms with Gasteiger partial charge in [-0.3, -0.25) is 0 Å². The third-order valence-corrected chi connectivity index (χ3v) is 6.38. The Bertz CT molecular complexity index is 287. The first-order chi connectivity index (χ1) is 7.96. The van der Waals surface area contributed by atoms with E-state index in [-0.39, 0.29) is 22.9 Å². The number of aliphatic hydroxyl groups excluding tert-OH is 2. The van der Waals surface area contributed by atoms with Gasteiger partial charge in [-0.15, -0.1) is 0 Å². The predicted octanol–water partition coefficient (Wildman–Crippen LogP) is 2.97. The van der Waals surface area contributed by atoms with Gasteiger partial charge in [-0.1, -0.05) is 27.2 Å². The molecule has 2 rings (SSSR count). The van der Waals surface area contributed by atoms with Crippen LogP contribution in [0.5, 0.6) is 0 Å². The molecule has 2 nitrogen and oxygen atoms in total. The molecule has 100 valence electrons. The summed E-state index contributed by atoms with van der Waals surface area (Å²) in [6.07, 6.45) is 7.19. The largest absolute Gasteiger partial charge is 0.396 e. The Morgan fingerprint density at radius 2 is 1.88 bits per heavy atom. The molecule has 2 N–H and O–H groups in total. The molecule has 0 bridgehead atoms. The van der Waals surface area contributed by atoms with E-state index in [4.69, 9.17) is 0 Å². The Morgan fingerprint density at radius 3 is 2.47 bits per heavy atom. The van der Waals surface area contributed by atoms with Gasteiger partial charge in [0.05, 0.1) is 0 Å². The second-order valence-corrected chi connectivity index (χ2v) is 7.05. The zero-order valence-corrected chi connectivity index (χ0v) is 11.6. The van der Waals surface area contributed by atoms with Crippen molar-refractivity contribution < 1.29 is 10.2 Å². The minimum Gasteiger partial charge on any atom is -0.396 e. The van der Waals surface area contributed by atoms with Crippen LogP contribution >= 0.6 is 0 Å². The Labute approximate surface area is 105 Å². The van der Waals surface area contributed by atoms with Gasteiger partial charge in [0.25, 0.3) is 0 Å². The summed E-state index contributed by atoms with van der Waals surface area (Å²) in [6, 6.07) is 0. The second-order valence-electron chi connectivity index (χ2n) is 7.05. The topological polar surface area (TPSA) is 40.5 Å². The molecular weight excluding hydrogens is 212 g/mol. The average molecular weight is 240 g/mol. The number of hydrogen-bond donors (Lipinski definition) is 2. The SMILES string of the molecule is C[C@@H]1CC[C@]2(C(C)(C)CO)CCC[C@]12CCO. The lowest BCUT2D eigenvalue weighted by Gasteiger charge is -2.52. The van der Waals surface area contributed by atoms with E-state index < -0.39 is 0 Å². The summed E-state index contributed by atoms with van der Waals surface area (Å²) in [5.74, 6) is 0.697. The molecule has 0 amide bonds. The summed E-state index contributed by atoms with van der Waals surface area (Å²) in [5, 5.41) is 19.3. The molecule has 17 heavy (non-hydrogen) atoms. The number of rotatable bonds is 4. The van der Waals surface area contributed by atoms with E-state index in [0.717, 1.165) is 6.42 Å². The molecular formula is C15H28O2. The zero-order chi connectivity index (χ0) is 12.7. The molecule has 0 unspecified atom stereocenters. The van der Waals surface area contributed by atoms with Crippen LogP contribution in [0, 0.1) is 22.2 Å². The fraction of sp³-hybridized carbons (Fsp3) is 1.00. The first-order valence-electron chi connectivity index (χ1n) is 7.17. The van der Waals surface area contributed by atoms with Crippen molar-refractivity contribution in [2.45, 2.75) is 59.3 Å². The van der Waals surface area contributed by atoms with Crippen LogP contribution in [-0.4, -0.2) is 23.4 Å². The monoisotopic (exact) mass is 240 g/mol. The maximum atomic E-state index is 9.80. The highest BCUT2D eigenvalue weighted by molar-refractivity contribution is 5.14. The van der Waals surface area contributed by atoms with Crippen LogP contribution in [0.4, 0.5) is 0 Å². The first-order valence-corrected chi connectivity index (χ1v) is 7.17. The maximum Gasteiger partial charge on any atom is 0.0487 e. The fourth-order valence-electron chi connectivity index (χ4n) is 5.34. The van der Waals surface area contributed by atoms with Gasteiger partial charge in [-0.05, 0) is 54.3 Å². The molecule has 3 atom stereocenters. The Kier molecular flexibility index (Phi) is 3.33. The second kappa shape index (κ2) is 4.24. The molecule has 0 aliphatic heterocycles. The third-order valence-electron chi connectivity index (χ3n) is 6.38. The normalized spacial score (nSPS) is 41.8. The minimum absolute atomic E-state index is 0.0105. The zero-order valence-electron chi connectivity index (χ0n) is 11.6. The molecule has 0 saturated heterocycles. The average Bonchev–Trinajstić information content (AvgIpc) is 2.78. The van der Waals surface area contributed by atoms with Crippen molar-refractivity contribution in [1.82, 2.24) is 0 Å². The lowest BCUT2D eigenvalue weighted by molar-refractivity contribution is -0.0763. The predicted molar refractivity (Wildman–Crippen MR) is 69.7 cm³/mol. The van der Waals surface area contributed by atoms with Gasteiger partial charge in [-0.2, -0.15) is 0 Å². The van der Waals surface area contributed by atoms with Gasteiger partial charge < -0.3 is 10.2 Å². The molecule has 0 spiro atoms. The van der Waals surface area contributed by atoms with Gasteiger partial charge in [0.15, 0.2) is 0 Å². The maximum absolute atomic E-state index is 9.80. The summed E-state index contributed by atoms with van der Waals surface area (Å²) in [6.45, 7) is 7.38. The van der Waals surface area contributed by atoms with Gasteiger partial charge in [0, 0.05) is 13.2 Å². The van der Waals surface area contributed by atoms with E-state index in [1.807, 2.05) is 0 Å². The molecule has 0 aromatic carbocycles. The van der Waals surface area contributed by atoms with Crippen molar-refractivity contribution in [3.63, 3.8) is 0 Å². The van der Waals surface area contributed by atoms with Gasteiger partial charge >= 0.3 is 0 Å².